The number of nitro groups is 1. The summed E-state index contributed by atoms with van der Waals surface area (Å²) in [4.78, 5) is 12.3. The number of halogens is 3. The van der Waals surface area contributed by atoms with Crippen LogP contribution in [0.3, 0.4) is 0 Å². The molecule has 0 heterocycles. The van der Waals surface area contributed by atoms with Gasteiger partial charge in [-0.25, -0.2) is 0 Å². The van der Waals surface area contributed by atoms with Crippen LogP contribution in [-0.2, 0) is 12.6 Å². The maximum Gasteiger partial charge on any atom is 0.416 e. The predicted octanol–water partition coefficient (Wildman–Crippen LogP) is 4.90. The molecule has 0 atom stereocenters. The molecule has 0 saturated carbocycles. The predicted molar refractivity (Wildman–Crippen MR) is 91.5 cm³/mol. The minimum atomic E-state index is -4.66. The van der Waals surface area contributed by atoms with Gasteiger partial charge in [0.05, 0.1) is 10.5 Å². The third kappa shape index (κ3) is 5.45. The lowest BCUT2D eigenvalue weighted by Gasteiger charge is -2.11. The SMILES string of the molecule is CN(C)CCCc1ccc(Oc2ccc(C(F)(F)F)cc2[N+](=O)[O-])cc1. The number of hydrogen-bond donors (Lipinski definition) is 0. The number of hydrogen-bond acceptors (Lipinski definition) is 4. The second-order valence-corrected chi connectivity index (χ2v) is 6.09. The van der Waals surface area contributed by atoms with E-state index in [4.69, 9.17) is 4.74 Å². The lowest BCUT2D eigenvalue weighted by atomic mass is 10.1. The van der Waals surface area contributed by atoms with Gasteiger partial charge in [0, 0.05) is 6.07 Å². The van der Waals surface area contributed by atoms with Crippen LogP contribution in [0, 0.1) is 10.1 Å². The number of alkyl halides is 3. The third-order valence-corrected chi connectivity index (χ3v) is 3.70. The average Bonchev–Trinajstić information content (AvgIpc) is 2.55. The summed E-state index contributed by atoms with van der Waals surface area (Å²) in [5, 5.41) is 11.1. The van der Waals surface area contributed by atoms with Gasteiger partial charge < -0.3 is 9.64 Å². The van der Waals surface area contributed by atoms with Crippen molar-refractivity contribution in [3.05, 3.63) is 63.7 Å². The summed E-state index contributed by atoms with van der Waals surface area (Å²) in [5.74, 6) is 0.0903. The average molecular weight is 368 g/mol. The van der Waals surface area contributed by atoms with E-state index in [9.17, 15) is 23.3 Å². The molecule has 0 fully saturated rings. The monoisotopic (exact) mass is 368 g/mol. The quantitative estimate of drug-likeness (QED) is 0.515. The van der Waals surface area contributed by atoms with Crippen LogP contribution in [0.4, 0.5) is 18.9 Å². The molecule has 0 N–H and O–H groups in total. The molecule has 0 aromatic heterocycles. The Bertz CT molecular complexity index is 759. The van der Waals surface area contributed by atoms with Crippen molar-refractivity contribution in [2.24, 2.45) is 0 Å². The zero-order valence-corrected chi connectivity index (χ0v) is 14.4. The molecule has 26 heavy (non-hydrogen) atoms. The van der Waals surface area contributed by atoms with Crippen LogP contribution >= 0.6 is 0 Å². The fraction of sp³-hybridized carbons (Fsp3) is 0.333. The minimum absolute atomic E-state index is 0.233. The van der Waals surface area contributed by atoms with Gasteiger partial charge in [0.15, 0.2) is 0 Å². The van der Waals surface area contributed by atoms with E-state index in [0.29, 0.717) is 11.8 Å². The largest absolute Gasteiger partial charge is 0.450 e. The molecule has 0 bridgehead atoms. The van der Waals surface area contributed by atoms with E-state index in [1.54, 1.807) is 12.1 Å². The summed E-state index contributed by atoms with van der Waals surface area (Å²) in [7, 11) is 3.99. The molecular formula is C18H19F3N2O3. The van der Waals surface area contributed by atoms with E-state index in [1.165, 1.54) is 0 Å². The second-order valence-electron chi connectivity index (χ2n) is 6.09. The first-order chi connectivity index (χ1) is 12.2. The normalized spacial score (nSPS) is 11.6. The number of nitrogens with zero attached hydrogens (tertiary/aromatic N) is 2. The maximum absolute atomic E-state index is 12.7. The third-order valence-electron chi connectivity index (χ3n) is 3.70. The van der Waals surface area contributed by atoms with Gasteiger partial charge in [-0.1, -0.05) is 12.1 Å². The number of ether oxygens (including phenoxy) is 1. The molecule has 0 unspecified atom stereocenters. The van der Waals surface area contributed by atoms with Gasteiger partial charge in [-0.3, -0.25) is 10.1 Å². The zero-order chi connectivity index (χ0) is 19.3. The van der Waals surface area contributed by atoms with Crippen molar-refractivity contribution in [1.82, 2.24) is 4.90 Å². The highest BCUT2D eigenvalue weighted by Crippen LogP contribution is 2.37. The first kappa shape index (κ1) is 19.7. The number of rotatable bonds is 7. The van der Waals surface area contributed by atoms with Crippen molar-refractivity contribution in [2.75, 3.05) is 20.6 Å². The Hall–Kier alpha value is -2.61. The molecule has 140 valence electrons. The van der Waals surface area contributed by atoms with Crippen LogP contribution in [0.15, 0.2) is 42.5 Å². The van der Waals surface area contributed by atoms with Crippen LogP contribution in [0.2, 0.25) is 0 Å². The van der Waals surface area contributed by atoms with Gasteiger partial charge >= 0.3 is 11.9 Å². The number of nitro benzene ring substituents is 1. The molecule has 5 nitrogen and oxygen atoms in total. The Balaban J connectivity index is 2.14. The minimum Gasteiger partial charge on any atom is -0.450 e. The molecule has 0 spiro atoms. The van der Waals surface area contributed by atoms with Crippen molar-refractivity contribution in [1.29, 1.82) is 0 Å². The Morgan fingerprint density at radius 1 is 1.12 bits per heavy atom. The van der Waals surface area contributed by atoms with Gasteiger partial charge in [-0.05, 0) is 63.3 Å². The Kier molecular flexibility index (Phi) is 6.20. The summed E-state index contributed by atoms with van der Waals surface area (Å²) in [5.41, 5.74) is -0.733. The van der Waals surface area contributed by atoms with Gasteiger partial charge in [0.25, 0.3) is 0 Å². The van der Waals surface area contributed by atoms with Gasteiger partial charge in [0.2, 0.25) is 5.75 Å². The van der Waals surface area contributed by atoms with Crippen molar-refractivity contribution in [2.45, 2.75) is 19.0 Å². The fourth-order valence-electron chi connectivity index (χ4n) is 2.37. The summed E-state index contributed by atoms with van der Waals surface area (Å²) >= 11 is 0. The Morgan fingerprint density at radius 2 is 1.77 bits per heavy atom. The van der Waals surface area contributed by atoms with Gasteiger partial charge in [-0.2, -0.15) is 13.2 Å². The Labute approximate surface area is 149 Å². The van der Waals surface area contributed by atoms with Crippen LogP contribution in [0.5, 0.6) is 11.5 Å². The molecule has 2 rings (SSSR count). The number of aryl methyl sites for hydroxylation is 1. The van der Waals surface area contributed by atoms with Crippen molar-refractivity contribution >= 4 is 5.69 Å². The lowest BCUT2D eigenvalue weighted by molar-refractivity contribution is -0.385. The molecule has 0 radical (unpaired) electrons. The molecule has 0 aliphatic heterocycles. The highest BCUT2D eigenvalue weighted by Gasteiger charge is 2.33. The van der Waals surface area contributed by atoms with Crippen LogP contribution in [-0.4, -0.2) is 30.5 Å². The molecule has 8 heteroatoms. The number of benzene rings is 2. The molecule has 0 aliphatic rings. The van der Waals surface area contributed by atoms with Gasteiger partial charge in [-0.15, -0.1) is 0 Å². The Morgan fingerprint density at radius 3 is 2.31 bits per heavy atom. The molecule has 0 amide bonds. The zero-order valence-electron chi connectivity index (χ0n) is 14.4. The van der Waals surface area contributed by atoms with E-state index >= 15 is 0 Å². The van der Waals surface area contributed by atoms with E-state index in [1.807, 2.05) is 26.2 Å². The highest BCUT2D eigenvalue weighted by atomic mass is 19.4. The maximum atomic E-state index is 12.7. The van der Waals surface area contributed by atoms with E-state index < -0.39 is 22.4 Å². The molecular weight excluding hydrogens is 349 g/mol. The summed E-state index contributed by atoms with van der Waals surface area (Å²) < 4.78 is 43.6. The van der Waals surface area contributed by atoms with E-state index in [0.717, 1.165) is 37.1 Å². The summed E-state index contributed by atoms with van der Waals surface area (Å²) in [6.07, 6.45) is -2.80. The van der Waals surface area contributed by atoms with Crippen molar-refractivity contribution in [3.63, 3.8) is 0 Å². The summed E-state index contributed by atoms with van der Waals surface area (Å²) in [6, 6.07) is 9.16. The first-order valence-electron chi connectivity index (χ1n) is 7.94. The van der Waals surface area contributed by atoms with Crippen molar-refractivity contribution in [3.8, 4) is 11.5 Å². The standard InChI is InChI=1S/C18H19F3N2O3/c1-22(2)11-3-4-13-5-8-15(9-6-13)26-17-10-7-14(18(19,20)21)12-16(17)23(24)25/h5-10,12H,3-4,11H2,1-2H3. The highest BCUT2D eigenvalue weighted by molar-refractivity contribution is 5.51. The topological polar surface area (TPSA) is 55.6 Å². The molecule has 2 aromatic rings. The second kappa shape index (κ2) is 8.18. The summed E-state index contributed by atoms with van der Waals surface area (Å²) in [6.45, 7) is 0.954. The van der Waals surface area contributed by atoms with Crippen molar-refractivity contribution < 1.29 is 22.8 Å². The fourth-order valence-corrected chi connectivity index (χ4v) is 2.37. The molecule has 0 aliphatic carbocycles. The van der Waals surface area contributed by atoms with E-state index in [2.05, 4.69) is 4.90 Å². The van der Waals surface area contributed by atoms with Crippen LogP contribution < -0.4 is 4.74 Å². The van der Waals surface area contributed by atoms with Gasteiger partial charge in [0.1, 0.15) is 5.75 Å². The lowest BCUT2D eigenvalue weighted by Crippen LogP contribution is -2.13. The van der Waals surface area contributed by atoms with E-state index in [-0.39, 0.29) is 5.75 Å². The molecule has 2 aromatic carbocycles. The molecule has 0 saturated heterocycles. The van der Waals surface area contributed by atoms with Crippen LogP contribution in [0.1, 0.15) is 17.5 Å². The smallest absolute Gasteiger partial charge is 0.416 e. The van der Waals surface area contributed by atoms with Crippen LogP contribution in [0.25, 0.3) is 0 Å². The first-order valence-corrected chi connectivity index (χ1v) is 7.94.